The number of hydrogen-bond donors (Lipinski definition) is 3. The SMILES string of the molecule is CC(NC(=O)c1ccc2c(c1)NC(=O)CO2)c1ncc(C(=O)Nc2cc(C(F)(F)F)c(Cl)cn2)s1. The molecule has 0 bridgehead atoms. The number of alkyl halides is 3. The standard InChI is InChI=1S/C21H15ClF3N5O4S/c1-9(28-18(32)10-2-3-14-13(4-10)29-17(31)8-34-14)20-27-7-15(35-20)19(33)30-16-5-11(21(23,24)25)12(22)6-26-16/h2-7,9H,8H2,1H3,(H,28,32)(H,29,31)(H,26,30,33). The molecule has 2 aromatic heterocycles. The summed E-state index contributed by atoms with van der Waals surface area (Å²) in [5.74, 6) is -1.39. The van der Waals surface area contributed by atoms with E-state index in [9.17, 15) is 27.6 Å². The predicted octanol–water partition coefficient (Wildman–Crippen LogP) is 4.28. The number of pyridine rings is 1. The first-order chi connectivity index (χ1) is 16.5. The average molecular weight is 526 g/mol. The van der Waals surface area contributed by atoms with Gasteiger partial charge >= 0.3 is 6.18 Å². The number of carbonyl (C=O) groups is 3. The Hall–Kier alpha value is -3.71. The van der Waals surface area contributed by atoms with Crippen molar-refractivity contribution in [1.29, 1.82) is 0 Å². The third-order valence-electron chi connectivity index (χ3n) is 4.74. The van der Waals surface area contributed by atoms with Crippen LogP contribution in [-0.2, 0) is 11.0 Å². The van der Waals surface area contributed by atoms with Crippen LogP contribution in [0.4, 0.5) is 24.7 Å². The Bertz CT molecular complexity index is 1330. The van der Waals surface area contributed by atoms with E-state index >= 15 is 0 Å². The van der Waals surface area contributed by atoms with Crippen molar-refractivity contribution in [3.63, 3.8) is 0 Å². The molecule has 9 nitrogen and oxygen atoms in total. The Morgan fingerprint density at radius 1 is 1.20 bits per heavy atom. The van der Waals surface area contributed by atoms with Gasteiger partial charge in [-0.3, -0.25) is 14.4 Å². The lowest BCUT2D eigenvalue weighted by Crippen LogP contribution is -2.28. The fourth-order valence-electron chi connectivity index (χ4n) is 3.06. The van der Waals surface area contributed by atoms with Crippen molar-refractivity contribution in [2.45, 2.75) is 19.1 Å². The molecule has 3 aromatic rings. The van der Waals surface area contributed by atoms with E-state index in [1.165, 1.54) is 18.3 Å². The van der Waals surface area contributed by atoms with Crippen LogP contribution in [0.25, 0.3) is 0 Å². The fraction of sp³-hybridized carbons (Fsp3) is 0.190. The maximum absolute atomic E-state index is 13.0. The molecule has 0 spiro atoms. The van der Waals surface area contributed by atoms with Crippen LogP contribution in [0, 0.1) is 0 Å². The van der Waals surface area contributed by atoms with E-state index in [0.717, 1.165) is 17.5 Å². The number of fused-ring (bicyclic) bond motifs is 1. The molecule has 4 rings (SSSR count). The van der Waals surface area contributed by atoms with E-state index in [-0.39, 0.29) is 28.8 Å². The Morgan fingerprint density at radius 2 is 1.97 bits per heavy atom. The quantitative estimate of drug-likeness (QED) is 0.457. The van der Waals surface area contributed by atoms with Gasteiger partial charge in [0, 0.05) is 11.8 Å². The summed E-state index contributed by atoms with van der Waals surface area (Å²) in [6, 6.07) is 4.62. The summed E-state index contributed by atoms with van der Waals surface area (Å²) in [6.45, 7) is 1.55. The summed E-state index contributed by atoms with van der Waals surface area (Å²) >= 11 is 6.49. The lowest BCUT2D eigenvalue weighted by atomic mass is 10.1. The molecule has 1 aliphatic rings. The molecule has 0 saturated carbocycles. The second-order valence-electron chi connectivity index (χ2n) is 7.31. The van der Waals surface area contributed by atoms with E-state index < -0.39 is 34.6 Å². The molecule has 1 atom stereocenters. The Kier molecular flexibility index (Phi) is 6.63. The lowest BCUT2D eigenvalue weighted by Gasteiger charge is -2.18. The fourth-order valence-corrected chi connectivity index (χ4v) is 4.09. The van der Waals surface area contributed by atoms with Crippen LogP contribution >= 0.6 is 22.9 Å². The monoisotopic (exact) mass is 525 g/mol. The predicted molar refractivity (Wildman–Crippen MR) is 121 cm³/mol. The van der Waals surface area contributed by atoms with E-state index in [2.05, 4.69) is 25.9 Å². The minimum atomic E-state index is -4.71. The molecule has 35 heavy (non-hydrogen) atoms. The van der Waals surface area contributed by atoms with Gasteiger partial charge in [0.15, 0.2) is 6.61 Å². The van der Waals surface area contributed by atoms with Crippen molar-refractivity contribution in [2.75, 3.05) is 17.2 Å². The number of benzene rings is 1. The third-order valence-corrected chi connectivity index (χ3v) is 6.22. The number of aromatic nitrogens is 2. The van der Waals surface area contributed by atoms with Gasteiger partial charge in [0.05, 0.1) is 28.5 Å². The summed E-state index contributed by atoms with van der Waals surface area (Å²) < 4.78 is 44.3. The van der Waals surface area contributed by atoms with Crippen molar-refractivity contribution in [3.05, 3.63) is 62.7 Å². The van der Waals surface area contributed by atoms with Gasteiger partial charge in [0.1, 0.15) is 21.5 Å². The van der Waals surface area contributed by atoms with Crippen molar-refractivity contribution >= 4 is 52.2 Å². The molecule has 0 fully saturated rings. The number of nitrogens with one attached hydrogen (secondary N) is 3. The number of ether oxygens (including phenoxy) is 1. The zero-order valence-corrected chi connectivity index (χ0v) is 19.3. The molecule has 1 aliphatic heterocycles. The molecule has 3 amide bonds. The first-order valence-electron chi connectivity index (χ1n) is 9.88. The van der Waals surface area contributed by atoms with Gasteiger partial charge in [0.2, 0.25) is 0 Å². The van der Waals surface area contributed by atoms with Crippen LogP contribution in [0.15, 0.2) is 36.7 Å². The van der Waals surface area contributed by atoms with Crippen molar-refractivity contribution in [2.24, 2.45) is 0 Å². The molecule has 3 heterocycles. The van der Waals surface area contributed by atoms with Gasteiger partial charge in [-0.1, -0.05) is 11.6 Å². The summed E-state index contributed by atoms with van der Waals surface area (Å²) in [7, 11) is 0. The zero-order chi connectivity index (χ0) is 25.3. The minimum Gasteiger partial charge on any atom is -0.482 e. The summed E-state index contributed by atoms with van der Waals surface area (Å²) in [6.07, 6.45) is -2.67. The number of thiazole rings is 1. The molecule has 0 radical (unpaired) electrons. The van der Waals surface area contributed by atoms with Crippen LogP contribution in [0.3, 0.4) is 0 Å². The van der Waals surface area contributed by atoms with Crippen molar-refractivity contribution in [1.82, 2.24) is 15.3 Å². The van der Waals surface area contributed by atoms with Crippen LogP contribution in [-0.4, -0.2) is 34.3 Å². The summed E-state index contributed by atoms with van der Waals surface area (Å²) in [4.78, 5) is 44.5. The van der Waals surface area contributed by atoms with Crippen LogP contribution in [0.5, 0.6) is 5.75 Å². The highest BCUT2D eigenvalue weighted by atomic mass is 35.5. The van der Waals surface area contributed by atoms with Gasteiger partial charge in [-0.05, 0) is 31.2 Å². The normalized spacial score (nSPS) is 13.8. The molecular weight excluding hydrogens is 511 g/mol. The molecule has 1 unspecified atom stereocenters. The third kappa shape index (κ3) is 5.52. The highest BCUT2D eigenvalue weighted by Crippen LogP contribution is 2.35. The molecule has 182 valence electrons. The van der Waals surface area contributed by atoms with Gasteiger partial charge in [-0.2, -0.15) is 13.2 Å². The molecule has 0 aliphatic carbocycles. The van der Waals surface area contributed by atoms with Crippen LogP contribution in [0.2, 0.25) is 5.02 Å². The largest absolute Gasteiger partial charge is 0.482 e. The minimum absolute atomic E-state index is 0.0973. The molecule has 0 saturated heterocycles. The molecule has 3 N–H and O–H groups in total. The summed E-state index contributed by atoms with van der Waals surface area (Å²) in [5.41, 5.74) is -0.483. The number of nitrogens with zero attached hydrogens (tertiary/aromatic N) is 2. The molecular formula is C21H15ClF3N5O4S. The highest BCUT2D eigenvalue weighted by Gasteiger charge is 2.34. The van der Waals surface area contributed by atoms with Gasteiger partial charge in [0.25, 0.3) is 17.7 Å². The van der Waals surface area contributed by atoms with E-state index in [1.807, 2.05) is 0 Å². The highest BCUT2D eigenvalue weighted by molar-refractivity contribution is 7.13. The Balaban J connectivity index is 1.42. The Morgan fingerprint density at radius 3 is 2.71 bits per heavy atom. The second kappa shape index (κ2) is 9.50. The lowest BCUT2D eigenvalue weighted by molar-refractivity contribution is -0.137. The van der Waals surface area contributed by atoms with Crippen LogP contribution < -0.4 is 20.7 Å². The number of hydrogen-bond acceptors (Lipinski definition) is 7. The van der Waals surface area contributed by atoms with E-state index in [0.29, 0.717) is 22.5 Å². The van der Waals surface area contributed by atoms with E-state index in [1.54, 1.807) is 13.0 Å². The summed E-state index contributed by atoms with van der Waals surface area (Å²) in [5, 5.41) is 7.43. The molecule has 1 aromatic carbocycles. The number of carbonyl (C=O) groups excluding carboxylic acids is 3. The second-order valence-corrected chi connectivity index (χ2v) is 8.78. The average Bonchev–Trinajstić information content (AvgIpc) is 3.30. The number of halogens is 4. The number of anilines is 2. The maximum Gasteiger partial charge on any atom is 0.418 e. The van der Waals surface area contributed by atoms with Gasteiger partial charge < -0.3 is 20.7 Å². The number of amides is 3. The van der Waals surface area contributed by atoms with Crippen LogP contribution in [0.1, 0.15) is 43.6 Å². The zero-order valence-electron chi connectivity index (χ0n) is 17.7. The Labute approximate surface area is 204 Å². The van der Waals surface area contributed by atoms with Crippen molar-refractivity contribution < 1.29 is 32.3 Å². The first-order valence-corrected chi connectivity index (χ1v) is 11.1. The van der Waals surface area contributed by atoms with E-state index in [4.69, 9.17) is 16.3 Å². The number of rotatable bonds is 5. The first kappa shape index (κ1) is 24.4. The maximum atomic E-state index is 13.0. The topological polar surface area (TPSA) is 122 Å². The van der Waals surface area contributed by atoms with Gasteiger partial charge in [-0.25, -0.2) is 9.97 Å². The smallest absolute Gasteiger partial charge is 0.418 e. The van der Waals surface area contributed by atoms with Gasteiger partial charge in [-0.15, -0.1) is 11.3 Å². The van der Waals surface area contributed by atoms with Crippen molar-refractivity contribution in [3.8, 4) is 5.75 Å². The molecule has 14 heteroatoms.